The second-order valence-corrected chi connectivity index (χ2v) is 7.89. The highest BCUT2D eigenvalue weighted by atomic mass is 19.1. The van der Waals surface area contributed by atoms with Gasteiger partial charge in [0.15, 0.2) is 0 Å². The summed E-state index contributed by atoms with van der Waals surface area (Å²) in [4.78, 5) is 29.3. The van der Waals surface area contributed by atoms with Gasteiger partial charge in [-0.2, -0.15) is 0 Å². The second kappa shape index (κ2) is 12.5. The molecule has 0 saturated carbocycles. The molecule has 0 N–H and O–H groups in total. The average Bonchev–Trinajstić information content (AvgIpc) is 3.26. The molecule has 7 heteroatoms. The van der Waals surface area contributed by atoms with Crippen LogP contribution in [-0.4, -0.2) is 48.4 Å². The summed E-state index contributed by atoms with van der Waals surface area (Å²) in [5.41, 5.74) is 1.66. The molecule has 2 aromatic carbocycles. The number of nitrogens with zero attached hydrogens (tertiary/aromatic N) is 2. The number of furan rings is 1. The number of carbonyl (C=O) groups is 2. The minimum absolute atomic E-state index is 0.123. The van der Waals surface area contributed by atoms with Crippen LogP contribution in [-0.2, 0) is 27.4 Å². The minimum Gasteiger partial charge on any atom is -0.464 e. The number of methoxy groups -OCH3 is 1. The number of halogens is 1. The maximum Gasteiger partial charge on any atom is 0.247 e. The number of carbonyl (C=O) groups excluding carboxylic acids is 2. The first-order valence-corrected chi connectivity index (χ1v) is 11.0. The van der Waals surface area contributed by atoms with E-state index in [9.17, 15) is 14.0 Å². The molecule has 0 saturated heterocycles. The summed E-state index contributed by atoms with van der Waals surface area (Å²) in [5.74, 6) is 0.490. The van der Waals surface area contributed by atoms with Crippen LogP contribution in [0.1, 0.15) is 22.6 Å². The zero-order chi connectivity index (χ0) is 24.3. The Morgan fingerprint density at radius 3 is 2.35 bits per heavy atom. The zero-order valence-corrected chi connectivity index (χ0v) is 19.4. The first-order chi connectivity index (χ1) is 16.4. The van der Waals surface area contributed by atoms with Crippen LogP contribution >= 0.6 is 0 Å². The van der Waals surface area contributed by atoms with Crippen LogP contribution in [0.15, 0.2) is 77.2 Å². The summed E-state index contributed by atoms with van der Waals surface area (Å²) in [7, 11) is 1.55. The summed E-state index contributed by atoms with van der Waals surface area (Å²) < 4.78 is 24.1. The molecule has 1 heterocycles. The number of hydrogen-bond acceptors (Lipinski definition) is 4. The van der Waals surface area contributed by atoms with Crippen molar-refractivity contribution in [2.45, 2.75) is 20.0 Å². The van der Waals surface area contributed by atoms with Crippen LogP contribution in [0, 0.1) is 12.7 Å². The number of benzene rings is 2. The van der Waals surface area contributed by atoms with Gasteiger partial charge < -0.3 is 19.0 Å². The fourth-order valence-electron chi connectivity index (χ4n) is 3.37. The molecule has 3 aromatic rings. The summed E-state index contributed by atoms with van der Waals surface area (Å²) >= 11 is 0. The summed E-state index contributed by atoms with van der Waals surface area (Å²) in [5, 5.41) is 0. The lowest BCUT2D eigenvalue weighted by molar-refractivity contribution is -0.139. The third kappa shape index (κ3) is 7.71. The van der Waals surface area contributed by atoms with Crippen molar-refractivity contribution in [2.24, 2.45) is 0 Å². The number of amides is 2. The van der Waals surface area contributed by atoms with Gasteiger partial charge in [-0.15, -0.1) is 0 Å². The van der Waals surface area contributed by atoms with Gasteiger partial charge in [0.05, 0.1) is 13.2 Å². The van der Waals surface area contributed by atoms with Crippen molar-refractivity contribution in [1.29, 1.82) is 0 Å². The van der Waals surface area contributed by atoms with Gasteiger partial charge in [-0.25, -0.2) is 4.39 Å². The molecule has 0 bridgehead atoms. The van der Waals surface area contributed by atoms with E-state index in [2.05, 4.69) is 0 Å². The molecule has 0 unspecified atom stereocenters. The Kier molecular flexibility index (Phi) is 9.17. The zero-order valence-electron chi connectivity index (χ0n) is 19.4. The van der Waals surface area contributed by atoms with Crippen LogP contribution in [0.4, 0.5) is 4.39 Å². The Balaban J connectivity index is 1.75. The number of hydrogen-bond donors (Lipinski definition) is 0. The predicted octanol–water partition coefficient (Wildman–Crippen LogP) is 4.44. The molecule has 0 aliphatic heterocycles. The van der Waals surface area contributed by atoms with Crippen LogP contribution < -0.4 is 0 Å². The Bertz CT molecular complexity index is 1090. The number of ether oxygens (including phenoxy) is 1. The number of aryl methyl sites for hydroxylation is 1. The van der Waals surface area contributed by atoms with Crippen molar-refractivity contribution in [3.05, 3.63) is 101 Å². The van der Waals surface area contributed by atoms with E-state index in [1.54, 1.807) is 30.2 Å². The molecule has 0 aliphatic carbocycles. The van der Waals surface area contributed by atoms with Crippen molar-refractivity contribution in [2.75, 3.05) is 26.8 Å². The predicted molar refractivity (Wildman–Crippen MR) is 128 cm³/mol. The first kappa shape index (κ1) is 24.9. The van der Waals surface area contributed by atoms with Crippen LogP contribution in [0.3, 0.4) is 0 Å². The van der Waals surface area contributed by atoms with E-state index in [4.69, 9.17) is 9.15 Å². The third-order valence-electron chi connectivity index (χ3n) is 5.20. The van der Waals surface area contributed by atoms with Gasteiger partial charge in [0.2, 0.25) is 11.8 Å². The fourth-order valence-corrected chi connectivity index (χ4v) is 3.37. The molecule has 3 rings (SSSR count). The Morgan fingerprint density at radius 1 is 0.971 bits per heavy atom. The Labute approximate surface area is 199 Å². The van der Waals surface area contributed by atoms with Crippen molar-refractivity contribution in [3.63, 3.8) is 0 Å². The van der Waals surface area contributed by atoms with E-state index in [-0.39, 0.29) is 43.8 Å². The maximum atomic E-state index is 13.3. The van der Waals surface area contributed by atoms with Crippen molar-refractivity contribution >= 4 is 17.9 Å². The summed E-state index contributed by atoms with van der Waals surface area (Å²) in [6.07, 6.45) is 3.17. The molecule has 2 amide bonds. The van der Waals surface area contributed by atoms with Crippen molar-refractivity contribution < 1.29 is 23.1 Å². The van der Waals surface area contributed by atoms with Gasteiger partial charge in [-0.3, -0.25) is 9.59 Å². The van der Waals surface area contributed by atoms with E-state index in [1.165, 1.54) is 23.1 Å². The topological polar surface area (TPSA) is 63.0 Å². The van der Waals surface area contributed by atoms with Crippen LogP contribution in [0.5, 0.6) is 0 Å². The van der Waals surface area contributed by atoms with Crippen molar-refractivity contribution in [1.82, 2.24) is 9.80 Å². The molecule has 0 radical (unpaired) electrons. The molecule has 0 aliphatic rings. The normalized spacial score (nSPS) is 11.0. The summed E-state index contributed by atoms with van der Waals surface area (Å²) in [6, 6.07) is 19.1. The molecular weight excluding hydrogens is 435 g/mol. The fraction of sp³-hybridized carbons (Fsp3) is 0.259. The lowest BCUT2D eigenvalue weighted by Crippen LogP contribution is -2.43. The van der Waals surface area contributed by atoms with Crippen LogP contribution in [0.2, 0.25) is 0 Å². The molecule has 34 heavy (non-hydrogen) atoms. The maximum absolute atomic E-state index is 13.3. The van der Waals surface area contributed by atoms with Gasteiger partial charge in [0, 0.05) is 26.3 Å². The quantitative estimate of drug-likeness (QED) is 0.394. The molecule has 0 atom stereocenters. The van der Waals surface area contributed by atoms with E-state index in [1.807, 2.05) is 49.4 Å². The largest absolute Gasteiger partial charge is 0.464 e. The second-order valence-electron chi connectivity index (χ2n) is 7.89. The van der Waals surface area contributed by atoms with Crippen LogP contribution in [0.25, 0.3) is 6.08 Å². The van der Waals surface area contributed by atoms with Gasteiger partial charge in [-0.05, 0) is 48.4 Å². The highest BCUT2D eigenvalue weighted by Gasteiger charge is 2.21. The van der Waals surface area contributed by atoms with E-state index < -0.39 is 0 Å². The SMILES string of the molecule is COCCN(CC(=O)N(Cc1ccc(F)cc1)Cc1ccc(C)o1)C(=O)/C=C/c1ccccc1. The average molecular weight is 465 g/mol. The minimum atomic E-state index is -0.343. The molecule has 178 valence electrons. The first-order valence-electron chi connectivity index (χ1n) is 11.0. The smallest absolute Gasteiger partial charge is 0.247 e. The Hall–Kier alpha value is -3.71. The van der Waals surface area contributed by atoms with Gasteiger partial charge in [0.25, 0.3) is 0 Å². The van der Waals surface area contributed by atoms with Gasteiger partial charge in [0.1, 0.15) is 23.9 Å². The van der Waals surface area contributed by atoms with Gasteiger partial charge >= 0.3 is 0 Å². The lowest BCUT2D eigenvalue weighted by Gasteiger charge is -2.26. The Morgan fingerprint density at radius 2 is 1.71 bits per heavy atom. The monoisotopic (exact) mass is 464 g/mol. The molecule has 6 nitrogen and oxygen atoms in total. The molecule has 1 aromatic heterocycles. The lowest BCUT2D eigenvalue weighted by atomic mass is 10.2. The van der Waals surface area contributed by atoms with E-state index in [0.29, 0.717) is 12.4 Å². The molecule has 0 spiro atoms. The molecule has 0 fully saturated rings. The summed E-state index contributed by atoms with van der Waals surface area (Å²) in [6.45, 7) is 2.77. The van der Waals surface area contributed by atoms with E-state index >= 15 is 0 Å². The highest BCUT2D eigenvalue weighted by molar-refractivity contribution is 5.94. The third-order valence-corrected chi connectivity index (χ3v) is 5.20. The van der Waals surface area contributed by atoms with E-state index in [0.717, 1.165) is 16.9 Å². The van der Waals surface area contributed by atoms with Crippen molar-refractivity contribution in [3.8, 4) is 0 Å². The highest BCUT2D eigenvalue weighted by Crippen LogP contribution is 2.14. The van der Waals surface area contributed by atoms with Gasteiger partial charge in [-0.1, -0.05) is 42.5 Å². The standard InChI is InChI=1S/C27H29FN2O4/c1-21-8-14-25(34-21)19-30(18-23-9-12-24(28)13-10-23)27(32)20-29(16-17-33-2)26(31)15-11-22-6-4-3-5-7-22/h3-15H,16-20H2,1-2H3/b15-11+. The molecular formula is C27H29FN2O4. The number of rotatable bonds is 11.